The number of carbonyl (C=O) groups excluding carboxylic acids is 1. The van der Waals surface area contributed by atoms with Crippen LogP contribution in [0.2, 0.25) is 0 Å². The molecule has 1 aliphatic rings. The van der Waals surface area contributed by atoms with Crippen LogP contribution in [-0.4, -0.2) is 16.4 Å². The van der Waals surface area contributed by atoms with Gasteiger partial charge in [0.05, 0.1) is 5.56 Å². The molecular formula is C24H25FN2O. The summed E-state index contributed by atoms with van der Waals surface area (Å²) in [5.41, 5.74) is 1.63. The number of para-hydroxylation sites is 1. The number of pyridine rings is 1. The third-order valence-corrected chi connectivity index (χ3v) is 5.74. The average molecular weight is 376 g/mol. The fraction of sp³-hybridized carbons (Fsp3) is 0.333. The summed E-state index contributed by atoms with van der Waals surface area (Å²) >= 11 is 0. The number of nitrogens with zero attached hydrogens (tertiary/aromatic N) is 1. The lowest BCUT2D eigenvalue weighted by Crippen LogP contribution is -2.49. The number of hydrogen-bond acceptors (Lipinski definition) is 2. The van der Waals surface area contributed by atoms with E-state index >= 15 is 0 Å². The molecule has 1 aliphatic carbocycles. The number of rotatable bonds is 6. The first-order chi connectivity index (χ1) is 13.5. The van der Waals surface area contributed by atoms with Gasteiger partial charge in [-0.1, -0.05) is 61.7 Å². The van der Waals surface area contributed by atoms with Crippen molar-refractivity contribution in [1.29, 1.82) is 0 Å². The lowest BCUT2D eigenvalue weighted by Gasteiger charge is -2.38. The summed E-state index contributed by atoms with van der Waals surface area (Å²) in [6.07, 6.45) is 6.95. The minimum Gasteiger partial charge on any atom is -0.346 e. The van der Waals surface area contributed by atoms with Crippen LogP contribution in [0.15, 0.2) is 60.8 Å². The second kappa shape index (κ2) is 7.70. The van der Waals surface area contributed by atoms with Crippen LogP contribution in [-0.2, 0) is 6.42 Å². The molecule has 1 N–H and O–H groups in total. The summed E-state index contributed by atoms with van der Waals surface area (Å²) in [6.45, 7) is 2.13. The van der Waals surface area contributed by atoms with Crippen LogP contribution in [0, 0.1) is 11.7 Å². The topological polar surface area (TPSA) is 42.0 Å². The van der Waals surface area contributed by atoms with Gasteiger partial charge in [-0.2, -0.15) is 0 Å². The molecule has 28 heavy (non-hydrogen) atoms. The molecule has 0 spiro atoms. The first-order valence-corrected chi connectivity index (χ1v) is 9.93. The Labute approximate surface area is 165 Å². The molecule has 1 aromatic heterocycles. The lowest BCUT2D eigenvalue weighted by molar-refractivity contribution is 0.0876. The van der Waals surface area contributed by atoms with E-state index in [1.807, 2.05) is 18.2 Å². The van der Waals surface area contributed by atoms with Crippen molar-refractivity contribution in [2.24, 2.45) is 5.92 Å². The third-order valence-electron chi connectivity index (χ3n) is 5.74. The van der Waals surface area contributed by atoms with E-state index in [1.165, 1.54) is 37.1 Å². The summed E-state index contributed by atoms with van der Waals surface area (Å²) < 4.78 is 13.9. The van der Waals surface area contributed by atoms with E-state index in [-0.39, 0.29) is 17.3 Å². The van der Waals surface area contributed by atoms with Crippen LogP contribution in [0.5, 0.6) is 0 Å². The van der Waals surface area contributed by atoms with Gasteiger partial charge in [-0.25, -0.2) is 4.39 Å². The van der Waals surface area contributed by atoms with E-state index in [0.29, 0.717) is 22.4 Å². The van der Waals surface area contributed by atoms with Gasteiger partial charge >= 0.3 is 0 Å². The molecule has 0 bridgehead atoms. The van der Waals surface area contributed by atoms with Gasteiger partial charge in [-0.15, -0.1) is 0 Å². The van der Waals surface area contributed by atoms with Crippen LogP contribution < -0.4 is 5.32 Å². The van der Waals surface area contributed by atoms with Crippen LogP contribution in [0.25, 0.3) is 10.9 Å². The Balaban J connectivity index is 1.57. The van der Waals surface area contributed by atoms with Crippen molar-refractivity contribution in [3.63, 3.8) is 0 Å². The summed E-state index contributed by atoms with van der Waals surface area (Å²) in [6, 6.07) is 16.8. The highest BCUT2D eigenvalue weighted by Gasteiger charge is 2.33. The highest BCUT2D eigenvalue weighted by atomic mass is 19.1. The van der Waals surface area contributed by atoms with E-state index < -0.39 is 0 Å². The maximum absolute atomic E-state index is 13.9. The van der Waals surface area contributed by atoms with Crippen LogP contribution in [0.3, 0.4) is 0 Å². The summed E-state index contributed by atoms with van der Waals surface area (Å²) in [4.78, 5) is 17.2. The van der Waals surface area contributed by atoms with Gasteiger partial charge in [0.1, 0.15) is 11.3 Å². The third kappa shape index (κ3) is 4.06. The first kappa shape index (κ1) is 18.6. The number of nitrogens with one attached hydrogen (secondary N) is 1. The Morgan fingerprint density at radius 3 is 2.68 bits per heavy atom. The fourth-order valence-corrected chi connectivity index (χ4v) is 4.14. The molecule has 0 saturated heterocycles. The van der Waals surface area contributed by atoms with Crippen LogP contribution in [0.4, 0.5) is 4.39 Å². The quantitative estimate of drug-likeness (QED) is 0.635. The summed E-state index contributed by atoms with van der Waals surface area (Å²) in [7, 11) is 0. The van der Waals surface area contributed by atoms with Crippen molar-refractivity contribution in [1.82, 2.24) is 10.3 Å². The predicted octanol–water partition coefficient (Wildman–Crippen LogP) is 5.30. The monoisotopic (exact) mass is 376 g/mol. The fourth-order valence-electron chi connectivity index (χ4n) is 4.14. The molecule has 144 valence electrons. The zero-order valence-corrected chi connectivity index (χ0v) is 16.1. The molecule has 1 amide bonds. The zero-order chi connectivity index (χ0) is 19.6. The number of carbonyl (C=O) groups is 1. The second-order valence-electron chi connectivity index (χ2n) is 8.21. The first-order valence-electron chi connectivity index (χ1n) is 9.93. The van der Waals surface area contributed by atoms with Crippen molar-refractivity contribution < 1.29 is 9.18 Å². The van der Waals surface area contributed by atoms with Gasteiger partial charge in [-0.05, 0) is 43.4 Å². The van der Waals surface area contributed by atoms with E-state index in [2.05, 4.69) is 29.4 Å². The van der Waals surface area contributed by atoms with Crippen LogP contribution >= 0.6 is 0 Å². The molecule has 4 rings (SSSR count). The molecule has 3 aromatic rings. The average Bonchev–Trinajstić information content (AvgIpc) is 2.65. The Kier molecular flexibility index (Phi) is 5.12. The molecule has 0 radical (unpaired) electrons. The number of halogens is 1. The summed E-state index contributed by atoms with van der Waals surface area (Å²) in [5, 5.41) is 3.90. The molecule has 1 heterocycles. The highest BCUT2D eigenvalue weighted by molar-refractivity contribution is 5.97. The maximum atomic E-state index is 13.9. The van der Waals surface area contributed by atoms with E-state index in [1.54, 1.807) is 18.2 Å². The Morgan fingerprint density at radius 2 is 1.96 bits per heavy atom. The number of amides is 1. The van der Waals surface area contributed by atoms with Gasteiger partial charge in [0.15, 0.2) is 0 Å². The lowest BCUT2D eigenvalue weighted by atomic mass is 9.74. The van der Waals surface area contributed by atoms with Gasteiger partial charge in [0, 0.05) is 17.1 Å². The predicted molar refractivity (Wildman–Crippen MR) is 110 cm³/mol. The van der Waals surface area contributed by atoms with Crippen molar-refractivity contribution in [3.05, 3.63) is 77.7 Å². The van der Waals surface area contributed by atoms with E-state index in [4.69, 9.17) is 0 Å². The number of benzene rings is 2. The van der Waals surface area contributed by atoms with Crippen molar-refractivity contribution in [3.8, 4) is 0 Å². The molecule has 0 aliphatic heterocycles. The van der Waals surface area contributed by atoms with Gasteiger partial charge in [0.25, 0.3) is 5.91 Å². The SMILES string of the molecule is CC(Cc1ccccc1)(CC1CCC1)NC(=O)c1cnc2c(F)cccc2c1. The molecule has 1 fully saturated rings. The van der Waals surface area contributed by atoms with Gasteiger partial charge in [-0.3, -0.25) is 9.78 Å². The molecule has 3 nitrogen and oxygen atoms in total. The maximum Gasteiger partial charge on any atom is 0.253 e. The van der Waals surface area contributed by atoms with Crippen molar-refractivity contribution in [2.45, 2.75) is 44.6 Å². The summed E-state index contributed by atoms with van der Waals surface area (Å²) in [5.74, 6) is 0.137. The standard InChI is InChI=1S/C24H25FN2O/c1-24(15-18-9-5-10-18,14-17-7-3-2-4-8-17)27-23(28)20-13-19-11-6-12-21(25)22(19)26-16-20/h2-4,6-8,11-13,16,18H,5,9-10,14-15H2,1H3,(H,27,28). The Bertz CT molecular complexity index is 984. The molecule has 2 aromatic carbocycles. The smallest absolute Gasteiger partial charge is 0.253 e. The van der Waals surface area contributed by atoms with Crippen LogP contribution in [0.1, 0.15) is 48.5 Å². The van der Waals surface area contributed by atoms with E-state index in [9.17, 15) is 9.18 Å². The number of fused-ring (bicyclic) bond motifs is 1. The molecular weight excluding hydrogens is 351 g/mol. The Morgan fingerprint density at radius 1 is 1.18 bits per heavy atom. The highest BCUT2D eigenvalue weighted by Crippen LogP contribution is 2.35. The molecule has 1 unspecified atom stereocenters. The molecule has 1 saturated carbocycles. The largest absolute Gasteiger partial charge is 0.346 e. The minimum atomic E-state index is -0.372. The zero-order valence-electron chi connectivity index (χ0n) is 16.1. The number of hydrogen-bond donors (Lipinski definition) is 1. The normalized spacial score (nSPS) is 16.4. The second-order valence-corrected chi connectivity index (χ2v) is 8.21. The molecule has 4 heteroatoms. The van der Waals surface area contributed by atoms with Crippen molar-refractivity contribution in [2.75, 3.05) is 0 Å². The van der Waals surface area contributed by atoms with Gasteiger partial charge in [0.2, 0.25) is 0 Å². The minimum absolute atomic E-state index is 0.156. The number of aromatic nitrogens is 1. The Hall–Kier alpha value is -2.75. The van der Waals surface area contributed by atoms with E-state index in [0.717, 1.165) is 12.8 Å². The molecule has 1 atom stereocenters. The van der Waals surface area contributed by atoms with Crippen molar-refractivity contribution >= 4 is 16.8 Å². The van der Waals surface area contributed by atoms with Gasteiger partial charge < -0.3 is 5.32 Å².